The Morgan fingerprint density at radius 1 is 1.08 bits per heavy atom. The van der Waals surface area contributed by atoms with E-state index in [4.69, 9.17) is 16.3 Å². The number of halogens is 1. The number of carbonyl (C=O) groups excluding carboxylic acids is 1. The molecule has 26 heavy (non-hydrogen) atoms. The highest BCUT2D eigenvalue weighted by Gasteiger charge is 2.12. The number of benzene rings is 2. The number of nitrogens with one attached hydrogen (secondary N) is 2. The molecule has 3 rings (SSSR count). The molecule has 0 aliphatic heterocycles. The predicted octanol–water partition coefficient (Wildman–Crippen LogP) is 4.44. The second-order valence-corrected chi connectivity index (χ2v) is 5.86. The smallest absolute Gasteiger partial charge is 0.274 e. The highest BCUT2D eigenvalue weighted by molar-refractivity contribution is 6.31. The summed E-state index contributed by atoms with van der Waals surface area (Å²) in [6.45, 7) is 1.84. The van der Waals surface area contributed by atoms with Crippen molar-refractivity contribution in [1.82, 2.24) is 9.97 Å². The van der Waals surface area contributed by atoms with Gasteiger partial charge in [-0.1, -0.05) is 29.8 Å². The van der Waals surface area contributed by atoms with Crippen LogP contribution in [-0.4, -0.2) is 23.0 Å². The number of methoxy groups -OCH3 is 1. The largest absolute Gasteiger partial charge is 0.495 e. The fourth-order valence-corrected chi connectivity index (χ4v) is 2.52. The minimum atomic E-state index is -0.346. The van der Waals surface area contributed by atoms with Crippen molar-refractivity contribution in [3.8, 4) is 5.75 Å². The van der Waals surface area contributed by atoms with Crippen molar-refractivity contribution in [1.29, 1.82) is 0 Å². The number of carbonyl (C=O) groups is 1. The van der Waals surface area contributed by atoms with E-state index >= 15 is 0 Å². The van der Waals surface area contributed by atoms with E-state index in [2.05, 4.69) is 20.6 Å². The number of nitrogens with zero attached hydrogens (tertiary/aromatic N) is 2. The summed E-state index contributed by atoms with van der Waals surface area (Å²) in [4.78, 5) is 20.9. The monoisotopic (exact) mass is 368 g/mol. The van der Waals surface area contributed by atoms with E-state index in [9.17, 15) is 4.79 Å². The Labute approximate surface area is 156 Å². The molecule has 3 aromatic rings. The van der Waals surface area contributed by atoms with Crippen LogP contribution in [0.2, 0.25) is 5.02 Å². The summed E-state index contributed by atoms with van der Waals surface area (Å²) in [6.07, 6.45) is 1.52. The van der Waals surface area contributed by atoms with Crippen molar-refractivity contribution in [2.45, 2.75) is 6.92 Å². The maximum absolute atomic E-state index is 12.5. The first-order chi connectivity index (χ1) is 12.6. The van der Waals surface area contributed by atoms with Crippen LogP contribution >= 0.6 is 11.6 Å². The summed E-state index contributed by atoms with van der Waals surface area (Å²) in [7, 11) is 1.58. The van der Waals surface area contributed by atoms with E-state index in [0.29, 0.717) is 28.1 Å². The number of hydrogen-bond acceptors (Lipinski definition) is 5. The highest BCUT2D eigenvalue weighted by Crippen LogP contribution is 2.26. The number of anilines is 3. The van der Waals surface area contributed by atoms with Gasteiger partial charge in [-0.05, 0) is 42.8 Å². The van der Waals surface area contributed by atoms with Gasteiger partial charge in [-0.3, -0.25) is 4.79 Å². The van der Waals surface area contributed by atoms with Crippen LogP contribution in [0, 0.1) is 6.92 Å². The van der Waals surface area contributed by atoms with Crippen molar-refractivity contribution in [2.24, 2.45) is 0 Å². The maximum Gasteiger partial charge on any atom is 0.274 e. The van der Waals surface area contributed by atoms with E-state index < -0.39 is 0 Å². The second-order valence-electron chi connectivity index (χ2n) is 5.46. The van der Waals surface area contributed by atoms with Crippen LogP contribution in [0.15, 0.2) is 54.7 Å². The SMILES string of the molecule is COc1ccccc1Nc1nccc(C(=O)Nc2cccc(Cl)c2C)n1. The molecular formula is C19H17ClN4O2. The lowest BCUT2D eigenvalue weighted by Crippen LogP contribution is -2.15. The molecule has 1 heterocycles. The molecule has 2 aromatic carbocycles. The predicted molar refractivity (Wildman–Crippen MR) is 102 cm³/mol. The average Bonchev–Trinajstić information content (AvgIpc) is 2.66. The Kier molecular flexibility index (Phi) is 5.34. The first kappa shape index (κ1) is 17.7. The summed E-state index contributed by atoms with van der Waals surface area (Å²) < 4.78 is 5.29. The van der Waals surface area contributed by atoms with Gasteiger partial charge >= 0.3 is 0 Å². The van der Waals surface area contributed by atoms with Crippen LogP contribution in [0.25, 0.3) is 0 Å². The molecule has 0 radical (unpaired) electrons. The van der Waals surface area contributed by atoms with E-state index in [1.54, 1.807) is 31.4 Å². The molecule has 0 aliphatic carbocycles. The van der Waals surface area contributed by atoms with E-state index in [1.165, 1.54) is 6.20 Å². The van der Waals surface area contributed by atoms with Crippen LogP contribution < -0.4 is 15.4 Å². The molecule has 0 atom stereocenters. The first-order valence-corrected chi connectivity index (χ1v) is 8.26. The topological polar surface area (TPSA) is 76.1 Å². The molecule has 2 N–H and O–H groups in total. The molecule has 0 saturated carbocycles. The Morgan fingerprint density at radius 2 is 1.85 bits per heavy atom. The van der Waals surface area contributed by atoms with Gasteiger partial charge in [0, 0.05) is 16.9 Å². The molecule has 0 saturated heterocycles. The summed E-state index contributed by atoms with van der Waals surface area (Å²) in [6, 6.07) is 14.3. The molecule has 0 bridgehead atoms. The quantitative estimate of drug-likeness (QED) is 0.696. The Morgan fingerprint density at radius 3 is 2.65 bits per heavy atom. The lowest BCUT2D eigenvalue weighted by Gasteiger charge is -2.11. The van der Waals surface area contributed by atoms with E-state index in [0.717, 1.165) is 5.56 Å². The maximum atomic E-state index is 12.5. The molecule has 0 aliphatic rings. The third-order valence-corrected chi connectivity index (χ3v) is 4.17. The van der Waals surface area contributed by atoms with E-state index in [-0.39, 0.29) is 11.6 Å². The van der Waals surface area contributed by atoms with Crippen molar-refractivity contribution in [3.05, 3.63) is 71.0 Å². The zero-order valence-corrected chi connectivity index (χ0v) is 15.0. The Balaban J connectivity index is 1.80. The zero-order chi connectivity index (χ0) is 18.5. The average molecular weight is 369 g/mol. The molecule has 1 aromatic heterocycles. The molecule has 0 spiro atoms. The summed E-state index contributed by atoms with van der Waals surface area (Å²) in [5, 5.41) is 6.46. The van der Waals surface area contributed by atoms with Crippen LogP contribution in [0.5, 0.6) is 5.75 Å². The van der Waals surface area contributed by atoms with Gasteiger partial charge < -0.3 is 15.4 Å². The number of aromatic nitrogens is 2. The van der Waals surface area contributed by atoms with Gasteiger partial charge in [-0.25, -0.2) is 9.97 Å². The molecule has 7 heteroatoms. The fraction of sp³-hybridized carbons (Fsp3) is 0.105. The standard InChI is InChI=1S/C19H17ClN4O2/c1-12-13(20)6-5-8-14(12)22-18(25)16-10-11-21-19(24-16)23-15-7-3-4-9-17(15)26-2/h3-11H,1-2H3,(H,22,25)(H,21,23,24). The molecule has 132 valence electrons. The Bertz CT molecular complexity index is 946. The number of amides is 1. The minimum Gasteiger partial charge on any atom is -0.495 e. The van der Waals surface area contributed by atoms with Gasteiger partial charge in [0.25, 0.3) is 5.91 Å². The number of rotatable bonds is 5. The lowest BCUT2D eigenvalue weighted by molar-refractivity contribution is 0.102. The lowest BCUT2D eigenvalue weighted by atomic mass is 10.2. The summed E-state index contributed by atoms with van der Waals surface area (Å²) in [5.74, 6) is 0.603. The van der Waals surface area contributed by atoms with Crippen LogP contribution in [0.3, 0.4) is 0 Å². The summed E-state index contributed by atoms with van der Waals surface area (Å²) >= 11 is 6.09. The molecule has 0 fully saturated rings. The third kappa shape index (κ3) is 3.92. The van der Waals surface area contributed by atoms with E-state index in [1.807, 2.05) is 31.2 Å². The third-order valence-electron chi connectivity index (χ3n) is 3.76. The van der Waals surface area contributed by atoms with Crippen molar-refractivity contribution < 1.29 is 9.53 Å². The second kappa shape index (κ2) is 7.84. The van der Waals surface area contributed by atoms with Crippen molar-refractivity contribution >= 4 is 34.8 Å². The minimum absolute atomic E-state index is 0.233. The summed E-state index contributed by atoms with van der Waals surface area (Å²) in [5.41, 5.74) is 2.37. The van der Waals surface area contributed by atoms with Crippen LogP contribution in [-0.2, 0) is 0 Å². The van der Waals surface area contributed by atoms with Gasteiger partial charge in [0.15, 0.2) is 0 Å². The van der Waals surface area contributed by atoms with Crippen molar-refractivity contribution in [2.75, 3.05) is 17.7 Å². The number of hydrogen-bond donors (Lipinski definition) is 2. The van der Waals surface area contributed by atoms with Crippen LogP contribution in [0.4, 0.5) is 17.3 Å². The van der Waals surface area contributed by atoms with Gasteiger partial charge in [0.1, 0.15) is 11.4 Å². The first-order valence-electron chi connectivity index (χ1n) is 7.88. The van der Waals surface area contributed by atoms with Gasteiger partial charge in [0.05, 0.1) is 12.8 Å². The van der Waals surface area contributed by atoms with Crippen molar-refractivity contribution in [3.63, 3.8) is 0 Å². The number of para-hydroxylation sites is 2. The van der Waals surface area contributed by atoms with Gasteiger partial charge in [-0.15, -0.1) is 0 Å². The molecule has 6 nitrogen and oxygen atoms in total. The fourth-order valence-electron chi connectivity index (χ4n) is 2.34. The molecular weight excluding hydrogens is 352 g/mol. The Hall–Kier alpha value is -3.12. The van der Waals surface area contributed by atoms with Gasteiger partial charge in [-0.2, -0.15) is 0 Å². The molecule has 1 amide bonds. The molecule has 0 unspecified atom stereocenters. The van der Waals surface area contributed by atoms with Crippen LogP contribution in [0.1, 0.15) is 16.1 Å². The zero-order valence-electron chi connectivity index (χ0n) is 14.3. The number of ether oxygens (including phenoxy) is 1. The highest BCUT2D eigenvalue weighted by atomic mass is 35.5. The normalized spacial score (nSPS) is 10.3. The van der Waals surface area contributed by atoms with Gasteiger partial charge in [0.2, 0.25) is 5.95 Å².